The Morgan fingerprint density at radius 2 is 2.38 bits per heavy atom. The Bertz CT molecular complexity index is 72.8. The number of carbonyl (C=O) groups is 1. The first kappa shape index (κ1) is 8.03. The van der Waals surface area contributed by atoms with Crippen LogP contribution < -0.4 is 0 Å². The van der Waals surface area contributed by atoms with Crippen molar-refractivity contribution < 1.29 is 9.90 Å². The van der Waals surface area contributed by atoms with Crippen LogP contribution in [-0.2, 0) is 0 Å². The molecule has 1 N–H and O–H groups in total. The molecule has 0 rings (SSSR count). The van der Waals surface area contributed by atoms with E-state index in [9.17, 15) is 4.79 Å². The molecule has 0 spiro atoms. The van der Waals surface area contributed by atoms with Crippen LogP contribution >= 0.6 is 0 Å². The summed E-state index contributed by atoms with van der Waals surface area (Å²) in [6.45, 7) is 2.08. The molecule has 0 aliphatic heterocycles. The van der Waals surface area contributed by atoms with Crippen LogP contribution in [0.4, 0.5) is 4.79 Å². The van der Waals surface area contributed by atoms with Crippen molar-refractivity contribution in [1.82, 2.24) is 0 Å². The number of unbranched alkanes of at least 4 members (excludes halogenated alkanes) is 1. The molecule has 0 fully saturated rings. The van der Waals surface area contributed by atoms with Crippen LogP contribution in [0, 0.1) is 0 Å². The maximum absolute atomic E-state index is 9.93. The second kappa shape index (κ2) is 5.17. The molecular formula is C5H11AsO2. The second-order valence-corrected chi connectivity index (χ2v) is 4.27. The molecule has 0 aromatic heterocycles. The van der Waals surface area contributed by atoms with E-state index >= 15 is 0 Å². The van der Waals surface area contributed by atoms with E-state index < -0.39 is 20.5 Å². The average molecular weight is 178 g/mol. The summed E-state index contributed by atoms with van der Waals surface area (Å²) < 4.78 is -0.557. The molecular weight excluding hydrogens is 167 g/mol. The minimum absolute atomic E-state index is 0.557. The van der Waals surface area contributed by atoms with Crippen molar-refractivity contribution >= 4 is 20.5 Å². The van der Waals surface area contributed by atoms with Gasteiger partial charge in [0.05, 0.1) is 0 Å². The van der Waals surface area contributed by atoms with Gasteiger partial charge in [-0.3, -0.25) is 0 Å². The van der Waals surface area contributed by atoms with Gasteiger partial charge < -0.3 is 0 Å². The summed E-state index contributed by atoms with van der Waals surface area (Å²) in [6, 6.07) is 0. The summed E-state index contributed by atoms with van der Waals surface area (Å²) in [4.78, 5) is 9.93. The van der Waals surface area contributed by atoms with E-state index in [1.54, 1.807) is 0 Å². The monoisotopic (exact) mass is 178 g/mol. The normalized spacial score (nSPS) is 10.6. The van der Waals surface area contributed by atoms with Crippen molar-refractivity contribution in [2.75, 3.05) is 0 Å². The zero-order valence-corrected chi connectivity index (χ0v) is 7.07. The fourth-order valence-electron chi connectivity index (χ4n) is 0.372. The van der Waals surface area contributed by atoms with Gasteiger partial charge in [-0.15, -0.1) is 0 Å². The number of rotatable bonds is 4. The summed E-state index contributed by atoms with van der Waals surface area (Å²) >= 11 is -0.641. The molecule has 0 saturated heterocycles. The number of carboxylic acid groups (broad SMARTS) is 1. The first-order chi connectivity index (χ1) is 3.77. The molecule has 0 aromatic rings. The van der Waals surface area contributed by atoms with E-state index in [1.165, 1.54) is 0 Å². The molecule has 0 aliphatic rings. The first-order valence-corrected chi connectivity index (χ1v) is 5.27. The Morgan fingerprint density at radius 1 is 1.75 bits per heavy atom. The van der Waals surface area contributed by atoms with Gasteiger partial charge in [0.2, 0.25) is 0 Å². The molecule has 0 aromatic carbocycles. The third-order valence-electron chi connectivity index (χ3n) is 0.807. The van der Waals surface area contributed by atoms with Crippen molar-refractivity contribution in [3.63, 3.8) is 0 Å². The van der Waals surface area contributed by atoms with Gasteiger partial charge in [0.15, 0.2) is 0 Å². The molecule has 0 saturated carbocycles. The van der Waals surface area contributed by atoms with Crippen molar-refractivity contribution in [1.29, 1.82) is 0 Å². The zero-order valence-electron chi connectivity index (χ0n) is 4.98. The van der Waals surface area contributed by atoms with Gasteiger partial charge in [-0.1, -0.05) is 0 Å². The van der Waals surface area contributed by atoms with Gasteiger partial charge in [0, 0.05) is 0 Å². The van der Waals surface area contributed by atoms with Crippen LogP contribution in [0.2, 0.25) is 5.21 Å². The maximum atomic E-state index is 9.93. The fraction of sp³-hybridized carbons (Fsp3) is 0.800. The van der Waals surface area contributed by atoms with Crippen molar-refractivity contribution in [2.24, 2.45) is 0 Å². The van der Waals surface area contributed by atoms with E-state index in [-0.39, 0.29) is 0 Å². The first-order valence-electron chi connectivity index (χ1n) is 2.74. The number of hydrogen-bond acceptors (Lipinski definition) is 1. The average Bonchev–Trinajstić information content (AvgIpc) is 1.66. The second-order valence-electron chi connectivity index (χ2n) is 1.59. The molecule has 1 unspecified atom stereocenters. The summed E-state index contributed by atoms with van der Waals surface area (Å²) in [7, 11) is 0. The van der Waals surface area contributed by atoms with Crippen LogP contribution in [0.1, 0.15) is 19.8 Å². The molecule has 8 heavy (non-hydrogen) atoms. The van der Waals surface area contributed by atoms with E-state index in [2.05, 4.69) is 6.92 Å². The molecule has 2 nitrogen and oxygen atoms in total. The minimum atomic E-state index is -0.641. The third kappa shape index (κ3) is 6.03. The molecule has 3 heteroatoms. The Balaban J connectivity index is 2.82. The van der Waals surface area contributed by atoms with Crippen LogP contribution in [0.5, 0.6) is 0 Å². The van der Waals surface area contributed by atoms with E-state index in [0.29, 0.717) is 0 Å². The molecule has 0 heterocycles. The van der Waals surface area contributed by atoms with Gasteiger partial charge in [-0.25, -0.2) is 0 Å². The van der Waals surface area contributed by atoms with Gasteiger partial charge in [-0.05, 0) is 0 Å². The summed E-state index contributed by atoms with van der Waals surface area (Å²) in [5, 5.41) is 9.15. The Labute approximate surface area is 56.0 Å². The molecule has 0 aliphatic carbocycles. The Kier molecular flexibility index (Phi) is 5.19. The quantitative estimate of drug-likeness (QED) is 0.520. The topological polar surface area (TPSA) is 37.3 Å². The molecule has 1 atom stereocenters. The van der Waals surface area contributed by atoms with E-state index in [1.807, 2.05) is 0 Å². The van der Waals surface area contributed by atoms with Crippen LogP contribution in [0.15, 0.2) is 0 Å². The summed E-state index contributed by atoms with van der Waals surface area (Å²) in [5.41, 5.74) is 0. The molecule has 0 bridgehead atoms. The Hall–Kier alpha value is 0.0284. The fourth-order valence-corrected chi connectivity index (χ4v) is 1.93. The van der Waals surface area contributed by atoms with Crippen LogP contribution in [-0.4, -0.2) is 25.6 Å². The predicted octanol–water partition coefficient (Wildman–Crippen LogP) is 1.32. The summed E-state index contributed by atoms with van der Waals surface area (Å²) in [6.07, 6.45) is 2.21. The van der Waals surface area contributed by atoms with Gasteiger partial charge in [-0.2, -0.15) is 0 Å². The van der Waals surface area contributed by atoms with E-state index in [4.69, 9.17) is 5.11 Å². The third-order valence-corrected chi connectivity index (χ3v) is 2.71. The number of hydrogen-bond donors (Lipinski definition) is 1. The molecule has 0 radical (unpaired) electrons. The van der Waals surface area contributed by atoms with Crippen LogP contribution in [0.25, 0.3) is 0 Å². The molecule has 0 amide bonds. The van der Waals surface area contributed by atoms with Crippen molar-refractivity contribution in [2.45, 2.75) is 25.0 Å². The summed E-state index contributed by atoms with van der Waals surface area (Å²) in [5.74, 6) is 0. The van der Waals surface area contributed by atoms with Gasteiger partial charge in [0.25, 0.3) is 0 Å². The van der Waals surface area contributed by atoms with E-state index in [0.717, 1.165) is 18.1 Å². The zero-order chi connectivity index (χ0) is 6.41. The SMILES string of the molecule is CCCC[AsH]C(=O)O. The van der Waals surface area contributed by atoms with Gasteiger partial charge in [0.1, 0.15) is 0 Å². The van der Waals surface area contributed by atoms with Crippen molar-refractivity contribution in [3.05, 3.63) is 0 Å². The standard InChI is InChI=1S/C5H11AsO2/c1-2-3-4-6-5(7)8/h6H,2-4H2,1H3,(H,7,8). The van der Waals surface area contributed by atoms with Crippen LogP contribution in [0.3, 0.4) is 0 Å². The molecule has 48 valence electrons. The Morgan fingerprint density at radius 3 is 2.75 bits per heavy atom. The van der Waals surface area contributed by atoms with Gasteiger partial charge >= 0.3 is 55.4 Å². The predicted molar refractivity (Wildman–Crippen MR) is 34.9 cm³/mol. The van der Waals surface area contributed by atoms with Crippen molar-refractivity contribution in [3.8, 4) is 0 Å².